The van der Waals surface area contributed by atoms with Crippen LogP contribution in [0, 0.1) is 5.82 Å². The van der Waals surface area contributed by atoms with Crippen molar-refractivity contribution < 1.29 is 9.18 Å². The second-order valence-electron chi connectivity index (χ2n) is 6.38. The fourth-order valence-electron chi connectivity index (χ4n) is 3.09. The number of anilines is 1. The van der Waals surface area contributed by atoms with Crippen LogP contribution in [0.15, 0.2) is 60.9 Å². The normalized spacial score (nSPS) is 14.6. The van der Waals surface area contributed by atoms with Crippen molar-refractivity contribution in [3.8, 4) is 10.4 Å². The number of amides is 1. The van der Waals surface area contributed by atoms with Gasteiger partial charge in [0.2, 0.25) is 11.9 Å². The Morgan fingerprint density at radius 1 is 1.00 bits per heavy atom. The number of thiophene rings is 1. The minimum absolute atomic E-state index is 0.0190. The van der Waals surface area contributed by atoms with E-state index in [1.807, 2.05) is 23.1 Å². The van der Waals surface area contributed by atoms with Crippen LogP contribution >= 0.6 is 11.3 Å². The first-order valence-electron chi connectivity index (χ1n) is 9.04. The Hall–Kier alpha value is -3.06. The third-order valence-corrected chi connectivity index (χ3v) is 5.67. The van der Waals surface area contributed by atoms with Crippen LogP contribution in [0.25, 0.3) is 16.5 Å². The highest BCUT2D eigenvalue weighted by molar-refractivity contribution is 7.16. The Morgan fingerprint density at radius 2 is 1.75 bits per heavy atom. The van der Waals surface area contributed by atoms with Crippen LogP contribution in [-0.2, 0) is 4.79 Å². The molecule has 0 N–H and O–H groups in total. The monoisotopic (exact) mass is 394 g/mol. The van der Waals surface area contributed by atoms with Gasteiger partial charge in [-0.1, -0.05) is 18.2 Å². The Balaban J connectivity index is 1.36. The van der Waals surface area contributed by atoms with Crippen molar-refractivity contribution in [2.75, 3.05) is 31.1 Å². The average Bonchev–Trinajstić information content (AvgIpc) is 3.22. The van der Waals surface area contributed by atoms with Crippen LogP contribution in [0.1, 0.15) is 4.88 Å². The van der Waals surface area contributed by atoms with E-state index >= 15 is 0 Å². The molecule has 1 fully saturated rings. The maximum atomic E-state index is 13.9. The molecule has 1 aliphatic rings. The van der Waals surface area contributed by atoms with Gasteiger partial charge in [0.1, 0.15) is 5.82 Å². The molecule has 0 spiro atoms. The third kappa shape index (κ3) is 4.09. The fourth-order valence-corrected chi connectivity index (χ4v) is 4.03. The van der Waals surface area contributed by atoms with E-state index in [1.165, 1.54) is 17.4 Å². The van der Waals surface area contributed by atoms with Gasteiger partial charge >= 0.3 is 0 Å². The first-order valence-corrected chi connectivity index (χ1v) is 9.86. The molecule has 1 amide bonds. The van der Waals surface area contributed by atoms with Crippen molar-refractivity contribution >= 4 is 29.3 Å². The molecule has 5 nitrogen and oxygen atoms in total. The summed E-state index contributed by atoms with van der Waals surface area (Å²) in [5.74, 6) is 0.440. The van der Waals surface area contributed by atoms with Crippen molar-refractivity contribution in [2.24, 2.45) is 0 Å². The number of halogens is 1. The fraction of sp³-hybridized carbons (Fsp3) is 0.190. The molecule has 3 heterocycles. The van der Waals surface area contributed by atoms with Crippen LogP contribution in [0.4, 0.5) is 10.3 Å². The van der Waals surface area contributed by atoms with E-state index in [4.69, 9.17) is 0 Å². The number of piperazine rings is 1. The van der Waals surface area contributed by atoms with Gasteiger partial charge in [0.15, 0.2) is 0 Å². The molecule has 3 aromatic rings. The van der Waals surface area contributed by atoms with Gasteiger partial charge in [-0.3, -0.25) is 4.79 Å². The van der Waals surface area contributed by atoms with Gasteiger partial charge < -0.3 is 9.80 Å². The van der Waals surface area contributed by atoms with Gasteiger partial charge in [-0.05, 0) is 30.3 Å². The van der Waals surface area contributed by atoms with Crippen LogP contribution in [-0.4, -0.2) is 47.0 Å². The number of hydrogen-bond donors (Lipinski definition) is 0. The number of carbonyl (C=O) groups excluding carboxylic acids is 1. The molecule has 0 saturated carbocycles. The summed E-state index contributed by atoms with van der Waals surface area (Å²) in [6, 6.07) is 12.3. The molecule has 0 aliphatic carbocycles. The highest BCUT2D eigenvalue weighted by Crippen LogP contribution is 2.30. The van der Waals surface area contributed by atoms with Gasteiger partial charge in [0, 0.05) is 60.0 Å². The predicted molar refractivity (Wildman–Crippen MR) is 110 cm³/mol. The second kappa shape index (κ2) is 8.31. The number of carbonyl (C=O) groups is 1. The van der Waals surface area contributed by atoms with Crippen LogP contribution in [0.5, 0.6) is 0 Å². The molecular weight excluding hydrogens is 375 g/mol. The van der Waals surface area contributed by atoms with Crippen molar-refractivity contribution in [2.45, 2.75) is 0 Å². The number of benzene rings is 1. The van der Waals surface area contributed by atoms with Crippen LogP contribution < -0.4 is 4.90 Å². The highest BCUT2D eigenvalue weighted by atomic mass is 32.1. The highest BCUT2D eigenvalue weighted by Gasteiger charge is 2.21. The van der Waals surface area contributed by atoms with Crippen molar-refractivity contribution in [3.05, 3.63) is 71.6 Å². The molecule has 1 aromatic carbocycles. The smallest absolute Gasteiger partial charge is 0.246 e. The number of hydrogen-bond acceptors (Lipinski definition) is 5. The van der Waals surface area contributed by atoms with Crippen molar-refractivity contribution in [1.29, 1.82) is 0 Å². The molecule has 0 radical (unpaired) electrons. The molecule has 28 heavy (non-hydrogen) atoms. The van der Waals surface area contributed by atoms with E-state index in [0.717, 1.165) is 9.75 Å². The third-order valence-electron chi connectivity index (χ3n) is 4.58. The summed E-state index contributed by atoms with van der Waals surface area (Å²) < 4.78 is 13.9. The van der Waals surface area contributed by atoms with E-state index in [1.54, 1.807) is 42.7 Å². The lowest BCUT2D eigenvalue weighted by molar-refractivity contribution is -0.126. The topological polar surface area (TPSA) is 49.3 Å². The summed E-state index contributed by atoms with van der Waals surface area (Å²) in [5, 5.41) is 0. The summed E-state index contributed by atoms with van der Waals surface area (Å²) in [7, 11) is 0. The quantitative estimate of drug-likeness (QED) is 0.633. The molecule has 2 aromatic heterocycles. The van der Waals surface area contributed by atoms with E-state index < -0.39 is 0 Å². The zero-order valence-electron chi connectivity index (χ0n) is 15.2. The lowest BCUT2D eigenvalue weighted by Crippen LogP contribution is -2.48. The minimum Gasteiger partial charge on any atom is -0.337 e. The molecule has 1 saturated heterocycles. The summed E-state index contributed by atoms with van der Waals surface area (Å²) in [6.45, 7) is 2.68. The largest absolute Gasteiger partial charge is 0.337 e. The van der Waals surface area contributed by atoms with Gasteiger partial charge in [0.25, 0.3) is 0 Å². The van der Waals surface area contributed by atoms with Crippen molar-refractivity contribution in [1.82, 2.24) is 14.9 Å². The molecule has 0 atom stereocenters. The maximum Gasteiger partial charge on any atom is 0.246 e. The zero-order chi connectivity index (χ0) is 19.3. The predicted octanol–water partition coefficient (Wildman–Crippen LogP) is 3.71. The van der Waals surface area contributed by atoms with Gasteiger partial charge in [0.05, 0.1) is 0 Å². The van der Waals surface area contributed by atoms with E-state index in [0.29, 0.717) is 37.7 Å². The maximum absolute atomic E-state index is 13.9. The molecule has 142 valence electrons. The number of aromatic nitrogens is 2. The molecular formula is C21H19FN4OS. The molecule has 7 heteroatoms. The SMILES string of the molecule is O=C(C=Cc1ccc(-c2ccccc2F)s1)N1CCN(c2ncccn2)CC1. The van der Waals surface area contributed by atoms with E-state index in [2.05, 4.69) is 14.9 Å². The minimum atomic E-state index is -0.240. The van der Waals surface area contributed by atoms with Crippen LogP contribution in [0.2, 0.25) is 0 Å². The van der Waals surface area contributed by atoms with Gasteiger partial charge in [-0.2, -0.15) is 0 Å². The number of nitrogens with zero attached hydrogens (tertiary/aromatic N) is 4. The Morgan fingerprint density at radius 3 is 2.50 bits per heavy atom. The first kappa shape index (κ1) is 18.3. The summed E-state index contributed by atoms with van der Waals surface area (Å²) in [6.07, 6.45) is 6.83. The lowest BCUT2D eigenvalue weighted by Gasteiger charge is -2.34. The van der Waals surface area contributed by atoms with E-state index in [-0.39, 0.29) is 11.7 Å². The van der Waals surface area contributed by atoms with Gasteiger partial charge in [-0.15, -0.1) is 11.3 Å². The van der Waals surface area contributed by atoms with Crippen molar-refractivity contribution in [3.63, 3.8) is 0 Å². The molecule has 0 unspecified atom stereocenters. The molecule has 0 bridgehead atoms. The summed E-state index contributed by atoms with van der Waals surface area (Å²) in [4.78, 5) is 26.7. The zero-order valence-corrected chi connectivity index (χ0v) is 16.0. The summed E-state index contributed by atoms with van der Waals surface area (Å²) in [5.41, 5.74) is 0.581. The van der Waals surface area contributed by atoms with E-state index in [9.17, 15) is 9.18 Å². The Labute approximate surface area is 166 Å². The lowest BCUT2D eigenvalue weighted by atomic mass is 10.2. The second-order valence-corrected chi connectivity index (χ2v) is 7.49. The molecule has 4 rings (SSSR count). The molecule has 1 aliphatic heterocycles. The Kier molecular flexibility index (Phi) is 5.43. The number of rotatable bonds is 4. The summed E-state index contributed by atoms with van der Waals surface area (Å²) >= 11 is 1.46. The Bertz CT molecular complexity index is 981. The van der Waals surface area contributed by atoms with Crippen LogP contribution in [0.3, 0.4) is 0 Å². The average molecular weight is 394 g/mol. The first-order chi connectivity index (χ1) is 13.7. The van der Waals surface area contributed by atoms with Gasteiger partial charge in [-0.25, -0.2) is 14.4 Å². The standard InChI is InChI=1S/C21H19FN4OS/c22-18-5-2-1-4-17(18)19-8-6-16(28-19)7-9-20(27)25-12-14-26(15-13-25)21-23-10-3-11-24-21/h1-11H,12-15H2.